The molecule has 2 aromatic rings. The first-order valence-electron chi connectivity index (χ1n) is 8.26. The van der Waals surface area contributed by atoms with Gasteiger partial charge in [-0.3, -0.25) is 0 Å². The fourth-order valence-electron chi connectivity index (χ4n) is 3.41. The van der Waals surface area contributed by atoms with Gasteiger partial charge in [0.2, 0.25) is 0 Å². The summed E-state index contributed by atoms with van der Waals surface area (Å²) in [4.78, 5) is 4.51. The van der Waals surface area contributed by atoms with Crippen LogP contribution in [0.2, 0.25) is 0 Å². The Morgan fingerprint density at radius 3 is 3.04 bits per heavy atom. The van der Waals surface area contributed by atoms with Crippen molar-refractivity contribution in [2.24, 2.45) is 4.99 Å². The first kappa shape index (κ1) is 15.6. The number of aliphatic imine (C=N–C) groups is 1. The normalized spacial score (nSPS) is 22.3. The average Bonchev–Trinajstić information content (AvgIpc) is 3.22. The number of fused-ring (bicyclic) bond motifs is 1. The van der Waals surface area contributed by atoms with Crippen molar-refractivity contribution in [2.45, 2.75) is 18.6 Å². The number of allylic oxidation sites excluding steroid dienone is 1. The number of aromatic nitrogens is 1. The molecular weight excluding hydrogens is 307 g/mol. The topological polar surface area (TPSA) is 41.4 Å². The summed E-state index contributed by atoms with van der Waals surface area (Å²) in [6, 6.07) is 10.0. The van der Waals surface area contributed by atoms with E-state index in [0.29, 0.717) is 0 Å². The van der Waals surface area contributed by atoms with Crippen LogP contribution in [-0.2, 0) is 0 Å². The first-order valence-corrected chi connectivity index (χ1v) is 8.26. The van der Waals surface area contributed by atoms with Crippen LogP contribution >= 0.6 is 0 Å². The second-order valence-corrected chi connectivity index (χ2v) is 6.44. The molecule has 1 aromatic carbocycles. The van der Waals surface area contributed by atoms with Gasteiger partial charge in [0.25, 0.3) is 0 Å². The summed E-state index contributed by atoms with van der Waals surface area (Å²) >= 11 is 0. The molecule has 1 aromatic heterocycles. The van der Waals surface area contributed by atoms with E-state index in [2.05, 4.69) is 64.3 Å². The third kappa shape index (κ3) is 2.62. The van der Waals surface area contributed by atoms with Gasteiger partial charge in [-0.1, -0.05) is 35.8 Å². The van der Waals surface area contributed by atoms with E-state index in [1.807, 2.05) is 30.5 Å². The SMILES string of the molecule is [B]c1cccc(C(C=C)n2ccc(C3=C4C=CNC4(C)N=CN3)c2)c1. The molecule has 2 aliphatic rings. The molecule has 0 fully saturated rings. The maximum Gasteiger partial charge on any atom is 0.156 e. The number of hydrogen-bond donors (Lipinski definition) is 2. The Morgan fingerprint density at radius 2 is 2.24 bits per heavy atom. The van der Waals surface area contributed by atoms with Gasteiger partial charge < -0.3 is 15.2 Å². The maximum atomic E-state index is 5.93. The number of nitrogens with one attached hydrogen (secondary N) is 2. The standard InChI is InChI=1S/C20H19BN4/c1-3-18(14-5-4-6-16(21)11-14)25-10-8-15(12-25)19-17-7-9-23-20(17,2)24-13-22-19/h3-13,18,23H,1H2,2H3,(H,22,24). The Hall–Kier alpha value is -2.95. The average molecular weight is 326 g/mol. The van der Waals surface area contributed by atoms with E-state index in [0.717, 1.165) is 27.9 Å². The summed E-state index contributed by atoms with van der Waals surface area (Å²) in [7, 11) is 5.93. The highest BCUT2D eigenvalue weighted by molar-refractivity contribution is 6.32. The van der Waals surface area contributed by atoms with Crippen molar-refractivity contribution in [3.63, 3.8) is 0 Å². The number of benzene rings is 1. The number of nitrogens with zero attached hydrogens (tertiary/aromatic N) is 2. The summed E-state index contributed by atoms with van der Waals surface area (Å²) in [6.07, 6.45) is 11.9. The van der Waals surface area contributed by atoms with Crippen LogP contribution in [0.3, 0.4) is 0 Å². The van der Waals surface area contributed by atoms with Gasteiger partial charge in [0, 0.05) is 23.5 Å². The van der Waals surface area contributed by atoms with Gasteiger partial charge in [0.05, 0.1) is 18.1 Å². The van der Waals surface area contributed by atoms with Gasteiger partial charge in [0.1, 0.15) is 7.85 Å². The molecule has 122 valence electrons. The van der Waals surface area contributed by atoms with Crippen molar-refractivity contribution >= 4 is 25.3 Å². The highest BCUT2D eigenvalue weighted by atomic mass is 15.2. The van der Waals surface area contributed by atoms with Crippen LogP contribution in [0.1, 0.15) is 24.1 Å². The van der Waals surface area contributed by atoms with E-state index in [9.17, 15) is 0 Å². The summed E-state index contributed by atoms with van der Waals surface area (Å²) in [5.74, 6) is 0. The van der Waals surface area contributed by atoms with Gasteiger partial charge in [-0.15, -0.1) is 6.58 Å². The molecule has 0 bridgehead atoms. The molecule has 4 nitrogen and oxygen atoms in total. The first-order chi connectivity index (χ1) is 12.1. The van der Waals surface area contributed by atoms with Crippen LogP contribution < -0.4 is 16.1 Å². The van der Waals surface area contributed by atoms with Gasteiger partial charge in [0.15, 0.2) is 5.66 Å². The lowest BCUT2D eigenvalue weighted by molar-refractivity contribution is 0.523. The maximum absolute atomic E-state index is 5.93. The Morgan fingerprint density at radius 1 is 1.36 bits per heavy atom. The third-order valence-electron chi connectivity index (χ3n) is 4.74. The van der Waals surface area contributed by atoms with E-state index in [4.69, 9.17) is 7.85 Å². The highest BCUT2D eigenvalue weighted by Gasteiger charge is 2.34. The third-order valence-corrected chi connectivity index (χ3v) is 4.74. The lowest BCUT2D eigenvalue weighted by Crippen LogP contribution is -2.39. The largest absolute Gasteiger partial charge is 0.364 e. The van der Waals surface area contributed by atoms with Crippen LogP contribution in [0.25, 0.3) is 5.70 Å². The predicted octanol–water partition coefficient (Wildman–Crippen LogP) is 2.23. The Labute approximate surface area is 149 Å². The van der Waals surface area contributed by atoms with E-state index in [1.165, 1.54) is 0 Å². The molecule has 2 radical (unpaired) electrons. The monoisotopic (exact) mass is 326 g/mol. The van der Waals surface area contributed by atoms with Crippen molar-refractivity contribution < 1.29 is 0 Å². The second kappa shape index (κ2) is 5.85. The molecule has 5 heteroatoms. The zero-order chi connectivity index (χ0) is 17.4. The number of rotatable bonds is 4. The Kier molecular flexibility index (Phi) is 3.64. The fourth-order valence-corrected chi connectivity index (χ4v) is 3.41. The predicted molar refractivity (Wildman–Crippen MR) is 104 cm³/mol. The molecule has 0 saturated heterocycles. The minimum atomic E-state index is -0.394. The zero-order valence-corrected chi connectivity index (χ0v) is 14.1. The van der Waals surface area contributed by atoms with Crippen molar-refractivity contribution in [3.05, 3.63) is 84.4 Å². The van der Waals surface area contributed by atoms with Gasteiger partial charge in [-0.05, 0) is 30.8 Å². The lowest BCUT2D eigenvalue weighted by Gasteiger charge is -2.28. The Bertz CT molecular complexity index is 921. The van der Waals surface area contributed by atoms with Crippen molar-refractivity contribution in [1.29, 1.82) is 0 Å². The van der Waals surface area contributed by atoms with E-state index in [-0.39, 0.29) is 6.04 Å². The van der Waals surface area contributed by atoms with Gasteiger partial charge in [-0.2, -0.15) is 0 Å². The molecule has 0 amide bonds. The van der Waals surface area contributed by atoms with Gasteiger partial charge >= 0.3 is 0 Å². The van der Waals surface area contributed by atoms with Crippen LogP contribution in [0.15, 0.2) is 78.2 Å². The Balaban J connectivity index is 1.72. The minimum absolute atomic E-state index is 0.0312. The number of hydrogen-bond acceptors (Lipinski definition) is 3. The van der Waals surface area contributed by atoms with Crippen molar-refractivity contribution in [3.8, 4) is 0 Å². The van der Waals surface area contributed by atoms with Crippen LogP contribution in [-0.4, -0.2) is 24.4 Å². The molecule has 2 aliphatic heterocycles. The molecular formula is C20H19BN4. The van der Waals surface area contributed by atoms with Crippen molar-refractivity contribution in [2.75, 3.05) is 0 Å². The minimum Gasteiger partial charge on any atom is -0.364 e. The summed E-state index contributed by atoms with van der Waals surface area (Å²) in [5, 5.41) is 6.58. The molecule has 2 atom stereocenters. The van der Waals surface area contributed by atoms with E-state index < -0.39 is 5.66 Å². The molecule has 3 heterocycles. The van der Waals surface area contributed by atoms with Gasteiger partial charge in [-0.25, -0.2) is 4.99 Å². The quantitative estimate of drug-likeness (QED) is 0.668. The second-order valence-electron chi connectivity index (χ2n) is 6.44. The summed E-state index contributed by atoms with van der Waals surface area (Å²) in [6.45, 7) is 6.06. The molecule has 2 unspecified atom stereocenters. The lowest BCUT2D eigenvalue weighted by atomic mass is 9.92. The molecule has 25 heavy (non-hydrogen) atoms. The fraction of sp³-hybridized carbons (Fsp3) is 0.150. The molecule has 0 aliphatic carbocycles. The van der Waals surface area contributed by atoms with E-state index >= 15 is 0 Å². The van der Waals surface area contributed by atoms with Crippen molar-refractivity contribution in [1.82, 2.24) is 15.2 Å². The van der Waals surface area contributed by atoms with Crippen LogP contribution in [0.4, 0.5) is 0 Å². The molecule has 0 spiro atoms. The highest BCUT2D eigenvalue weighted by Crippen LogP contribution is 2.33. The van der Waals surface area contributed by atoms with Crippen LogP contribution in [0.5, 0.6) is 0 Å². The van der Waals surface area contributed by atoms with E-state index in [1.54, 1.807) is 6.34 Å². The summed E-state index contributed by atoms with van der Waals surface area (Å²) < 4.78 is 2.14. The van der Waals surface area contributed by atoms with Crippen LogP contribution in [0, 0.1) is 0 Å². The smallest absolute Gasteiger partial charge is 0.156 e. The molecule has 0 saturated carbocycles. The molecule has 4 rings (SSSR count). The zero-order valence-electron chi connectivity index (χ0n) is 14.1. The summed E-state index contributed by atoms with van der Waals surface area (Å²) in [5.41, 5.74) is 4.77. The molecule has 2 N–H and O–H groups in total.